The van der Waals surface area contributed by atoms with Crippen molar-refractivity contribution in [3.05, 3.63) is 95.1 Å². The number of ether oxygens (including phenoxy) is 1. The van der Waals surface area contributed by atoms with Gasteiger partial charge in [0.2, 0.25) is 0 Å². The molecule has 0 atom stereocenters. The Kier molecular flexibility index (Phi) is 7.15. The van der Waals surface area contributed by atoms with Crippen molar-refractivity contribution in [3.8, 4) is 5.75 Å². The lowest BCUT2D eigenvalue weighted by Crippen LogP contribution is -2.23. The second-order valence-corrected chi connectivity index (χ2v) is 7.57. The predicted octanol–water partition coefficient (Wildman–Crippen LogP) is 5.62. The van der Waals surface area contributed by atoms with Crippen LogP contribution in [0.1, 0.15) is 34.0 Å². The van der Waals surface area contributed by atoms with Gasteiger partial charge in [-0.3, -0.25) is 4.79 Å². The number of hydrogen-bond acceptors (Lipinski definition) is 3. The van der Waals surface area contributed by atoms with Crippen molar-refractivity contribution < 1.29 is 9.53 Å². The van der Waals surface area contributed by atoms with Crippen LogP contribution in [-0.2, 0) is 12.3 Å². The van der Waals surface area contributed by atoms with Gasteiger partial charge >= 0.3 is 0 Å². The molecule has 0 radical (unpaired) electrons. The third-order valence-corrected chi connectivity index (χ3v) is 5.44. The summed E-state index contributed by atoms with van der Waals surface area (Å²) in [5.41, 5.74) is 4.11. The molecule has 3 nitrogen and oxygen atoms in total. The summed E-state index contributed by atoms with van der Waals surface area (Å²) in [4.78, 5) is 13.7. The van der Waals surface area contributed by atoms with Crippen LogP contribution in [0.5, 0.6) is 5.75 Å². The minimum absolute atomic E-state index is 0.0796. The maximum Gasteiger partial charge on any atom is 0.251 e. The Morgan fingerprint density at radius 2 is 1.68 bits per heavy atom. The average Bonchev–Trinajstić information content (AvgIpc) is 2.73. The molecular weight excluding hydrogens is 366 g/mol. The monoisotopic (exact) mass is 391 g/mol. The highest BCUT2D eigenvalue weighted by molar-refractivity contribution is 7.98. The molecule has 3 rings (SSSR count). The second-order valence-electron chi connectivity index (χ2n) is 6.52. The number of carbonyl (C=O) groups is 1. The van der Waals surface area contributed by atoms with Gasteiger partial charge in [-0.15, -0.1) is 11.8 Å². The Balaban J connectivity index is 1.54. The first-order chi connectivity index (χ1) is 13.7. The minimum atomic E-state index is -0.0796. The van der Waals surface area contributed by atoms with Crippen LogP contribution in [0.4, 0.5) is 0 Å². The number of benzene rings is 3. The molecule has 144 valence electrons. The van der Waals surface area contributed by atoms with E-state index in [4.69, 9.17) is 4.74 Å². The van der Waals surface area contributed by atoms with E-state index in [0.29, 0.717) is 18.7 Å². The van der Waals surface area contributed by atoms with Crippen molar-refractivity contribution >= 4 is 17.7 Å². The SMILES string of the molecule is CCOc1ccccc1CNC(=O)c1ccc(CSc2ccc(C)cc2)cc1. The highest BCUT2D eigenvalue weighted by Gasteiger charge is 2.08. The molecule has 0 bridgehead atoms. The van der Waals surface area contributed by atoms with Crippen LogP contribution < -0.4 is 10.1 Å². The van der Waals surface area contributed by atoms with Crippen molar-refractivity contribution in [1.29, 1.82) is 0 Å². The summed E-state index contributed by atoms with van der Waals surface area (Å²) in [6, 6.07) is 24.1. The number of carbonyl (C=O) groups excluding carboxylic acids is 1. The maximum absolute atomic E-state index is 12.5. The summed E-state index contributed by atoms with van der Waals surface area (Å²) in [7, 11) is 0. The van der Waals surface area contributed by atoms with Gasteiger partial charge in [-0.1, -0.05) is 48.0 Å². The van der Waals surface area contributed by atoms with Gasteiger partial charge < -0.3 is 10.1 Å². The fourth-order valence-corrected chi connectivity index (χ4v) is 3.63. The fraction of sp³-hybridized carbons (Fsp3) is 0.208. The van der Waals surface area contributed by atoms with Gasteiger partial charge in [0.1, 0.15) is 5.75 Å². The topological polar surface area (TPSA) is 38.3 Å². The van der Waals surface area contributed by atoms with Crippen molar-refractivity contribution in [2.24, 2.45) is 0 Å². The molecule has 0 saturated heterocycles. The lowest BCUT2D eigenvalue weighted by atomic mass is 10.1. The summed E-state index contributed by atoms with van der Waals surface area (Å²) in [6.45, 7) is 5.09. The summed E-state index contributed by atoms with van der Waals surface area (Å²) in [5, 5.41) is 2.97. The summed E-state index contributed by atoms with van der Waals surface area (Å²) in [6.07, 6.45) is 0. The van der Waals surface area contributed by atoms with E-state index in [0.717, 1.165) is 17.1 Å². The molecule has 0 aliphatic carbocycles. The van der Waals surface area contributed by atoms with Gasteiger partial charge in [0.25, 0.3) is 5.91 Å². The van der Waals surface area contributed by atoms with E-state index >= 15 is 0 Å². The summed E-state index contributed by atoms with van der Waals surface area (Å²) >= 11 is 1.80. The zero-order chi connectivity index (χ0) is 19.8. The molecule has 1 N–H and O–H groups in total. The molecule has 0 aliphatic rings. The zero-order valence-corrected chi connectivity index (χ0v) is 17.1. The van der Waals surface area contributed by atoms with E-state index in [1.54, 1.807) is 11.8 Å². The summed E-state index contributed by atoms with van der Waals surface area (Å²) in [5.74, 6) is 1.62. The van der Waals surface area contributed by atoms with Gasteiger partial charge in [0.15, 0.2) is 0 Å². The number of aryl methyl sites for hydroxylation is 1. The second kappa shape index (κ2) is 10.00. The van der Waals surface area contributed by atoms with E-state index in [-0.39, 0.29) is 5.91 Å². The molecule has 0 spiro atoms. The fourth-order valence-electron chi connectivity index (χ4n) is 2.78. The number of thioether (sulfide) groups is 1. The Morgan fingerprint density at radius 3 is 2.39 bits per heavy atom. The number of amides is 1. The molecule has 4 heteroatoms. The lowest BCUT2D eigenvalue weighted by Gasteiger charge is -2.11. The molecule has 3 aromatic rings. The number of rotatable bonds is 8. The number of hydrogen-bond donors (Lipinski definition) is 1. The molecule has 0 fully saturated rings. The molecule has 0 aromatic heterocycles. The predicted molar refractivity (Wildman–Crippen MR) is 116 cm³/mol. The van der Waals surface area contributed by atoms with Crippen molar-refractivity contribution in [3.63, 3.8) is 0 Å². The number of para-hydroxylation sites is 1. The van der Waals surface area contributed by atoms with Gasteiger partial charge in [-0.2, -0.15) is 0 Å². The van der Waals surface area contributed by atoms with Gasteiger partial charge in [0.05, 0.1) is 6.61 Å². The summed E-state index contributed by atoms with van der Waals surface area (Å²) < 4.78 is 5.61. The maximum atomic E-state index is 12.5. The van der Waals surface area contributed by atoms with Crippen LogP contribution in [0.15, 0.2) is 77.7 Å². The molecule has 3 aromatic carbocycles. The third-order valence-electron chi connectivity index (χ3n) is 4.35. The van der Waals surface area contributed by atoms with Crippen LogP contribution in [0, 0.1) is 6.92 Å². The zero-order valence-electron chi connectivity index (χ0n) is 16.3. The van der Waals surface area contributed by atoms with Crippen LogP contribution >= 0.6 is 11.8 Å². The van der Waals surface area contributed by atoms with Crippen LogP contribution in [0.3, 0.4) is 0 Å². The Hall–Kier alpha value is -2.72. The van der Waals surface area contributed by atoms with Gasteiger partial charge in [0, 0.05) is 28.3 Å². The molecular formula is C24H25NO2S. The Labute approximate surface area is 171 Å². The van der Waals surface area contributed by atoms with E-state index < -0.39 is 0 Å². The van der Waals surface area contributed by atoms with Crippen molar-refractivity contribution in [1.82, 2.24) is 5.32 Å². The molecule has 0 heterocycles. The Bertz CT molecular complexity index is 905. The first-order valence-corrected chi connectivity index (χ1v) is 10.4. The van der Waals surface area contributed by atoms with E-state index in [1.165, 1.54) is 16.0 Å². The molecule has 1 amide bonds. The first-order valence-electron chi connectivity index (χ1n) is 9.43. The van der Waals surface area contributed by atoms with Crippen molar-refractivity contribution in [2.75, 3.05) is 6.61 Å². The largest absolute Gasteiger partial charge is 0.494 e. The lowest BCUT2D eigenvalue weighted by molar-refractivity contribution is 0.0950. The first kappa shape index (κ1) is 20.0. The van der Waals surface area contributed by atoms with Crippen LogP contribution in [-0.4, -0.2) is 12.5 Å². The molecule has 0 unspecified atom stereocenters. The molecule has 0 saturated carbocycles. The van der Waals surface area contributed by atoms with Gasteiger partial charge in [-0.05, 0) is 49.7 Å². The van der Waals surface area contributed by atoms with E-state index in [1.807, 2.05) is 55.5 Å². The molecule has 0 aliphatic heterocycles. The number of nitrogens with one attached hydrogen (secondary N) is 1. The van der Waals surface area contributed by atoms with Crippen LogP contribution in [0.2, 0.25) is 0 Å². The van der Waals surface area contributed by atoms with Gasteiger partial charge in [-0.25, -0.2) is 0 Å². The average molecular weight is 392 g/mol. The highest BCUT2D eigenvalue weighted by Crippen LogP contribution is 2.23. The van der Waals surface area contributed by atoms with Crippen molar-refractivity contribution in [2.45, 2.75) is 31.0 Å². The highest BCUT2D eigenvalue weighted by atomic mass is 32.2. The molecule has 28 heavy (non-hydrogen) atoms. The normalized spacial score (nSPS) is 10.5. The van der Waals surface area contributed by atoms with E-state index in [2.05, 4.69) is 36.5 Å². The van der Waals surface area contributed by atoms with E-state index in [9.17, 15) is 4.79 Å². The third kappa shape index (κ3) is 5.64. The smallest absolute Gasteiger partial charge is 0.251 e. The Morgan fingerprint density at radius 1 is 0.964 bits per heavy atom. The minimum Gasteiger partial charge on any atom is -0.494 e. The van der Waals surface area contributed by atoms with Crippen LogP contribution in [0.25, 0.3) is 0 Å². The quantitative estimate of drug-likeness (QED) is 0.507. The standard InChI is InChI=1S/C24H25NO2S/c1-3-27-23-7-5-4-6-21(23)16-25-24(26)20-12-10-19(11-13-20)17-28-22-14-8-18(2)9-15-22/h4-15H,3,16-17H2,1-2H3,(H,25,26).